The molecule has 164 valence electrons. The molecule has 31 heavy (non-hydrogen) atoms. The molecule has 10 nitrogen and oxygen atoms in total. The zero-order valence-electron chi connectivity index (χ0n) is 16.6. The SMILES string of the molecule is CN(C)C(=O)[C@H]1O[C@@H](n2cnc3c(NCc4cccc(I)c4)nc(Cl)nc32)[C@H](O)[C@@H]1O. The minimum absolute atomic E-state index is 0.0201. The van der Waals surface area contributed by atoms with Crippen LogP contribution in [0.2, 0.25) is 5.28 Å². The molecule has 2 aromatic heterocycles. The summed E-state index contributed by atoms with van der Waals surface area (Å²) in [5, 5.41) is 24.0. The number of hydrogen-bond donors (Lipinski definition) is 3. The minimum atomic E-state index is -1.40. The lowest BCUT2D eigenvalue weighted by atomic mass is 10.1. The van der Waals surface area contributed by atoms with Crippen LogP contribution >= 0.6 is 34.2 Å². The van der Waals surface area contributed by atoms with E-state index in [4.69, 9.17) is 16.3 Å². The lowest BCUT2D eigenvalue weighted by Gasteiger charge is -2.18. The highest BCUT2D eigenvalue weighted by molar-refractivity contribution is 14.1. The van der Waals surface area contributed by atoms with E-state index in [0.29, 0.717) is 23.5 Å². The van der Waals surface area contributed by atoms with Crippen LogP contribution in [-0.2, 0) is 16.1 Å². The number of aliphatic hydroxyl groups is 2. The Bertz CT molecular complexity index is 1130. The van der Waals surface area contributed by atoms with Gasteiger partial charge in [0.1, 0.15) is 12.2 Å². The van der Waals surface area contributed by atoms with E-state index in [1.165, 1.54) is 15.8 Å². The summed E-state index contributed by atoms with van der Waals surface area (Å²) in [5.74, 6) is -0.0347. The molecule has 0 saturated carbocycles. The van der Waals surface area contributed by atoms with Crippen LogP contribution in [-0.4, -0.2) is 72.9 Å². The molecule has 3 N–H and O–H groups in total. The van der Waals surface area contributed by atoms with Crippen molar-refractivity contribution in [3.05, 3.63) is 45.0 Å². The Labute approximate surface area is 196 Å². The first kappa shape index (κ1) is 22.1. The first-order chi connectivity index (χ1) is 14.8. The van der Waals surface area contributed by atoms with Crippen molar-refractivity contribution in [2.45, 2.75) is 31.1 Å². The number of carbonyl (C=O) groups is 1. The average Bonchev–Trinajstić information content (AvgIpc) is 3.27. The van der Waals surface area contributed by atoms with E-state index in [9.17, 15) is 15.0 Å². The van der Waals surface area contributed by atoms with Gasteiger partial charge in [-0.1, -0.05) is 12.1 Å². The van der Waals surface area contributed by atoms with Crippen molar-refractivity contribution in [2.24, 2.45) is 0 Å². The Morgan fingerprint density at radius 2 is 2.10 bits per heavy atom. The molecule has 1 aliphatic heterocycles. The zero-order chi connectivity index (χ0) is 22.3. The molecule has 1 aromatic carbocycles. The van der Waals surface area contributed by atoms with Gasteiger partial charge in [-0.25, -0.2) is 4.98 Å². The second-order valence-corrected chi connectivity index (χ2v) is 8.89. The van der Waals surface area contributed by atoms with Crippen LogP contribution in [0.3, 0.4) is 0 Å². The predicted octanol–water partition coefficient (Wildman–Crippen LogP) is 1.40. The zero-order valence-corrected chi connectivity index (χ0v) is 19.5. The number of nitrogens with zero attached hydrogens (tertiary/aromatic N) is 5. The van der Waals surface area contributed by atoms with Gasteiger partial charge in [-0.15, -0.1) is 0 Å². The van der Waals surface area contributed by atoms with Crippen LogP contribution in [0.25, 0.3) is 11.2 Å². The maximum Gasteiger partial charge on any atom is 0.254 e. The van der Waals surface area contributed by atoms with Crippen LogP contribution in [0.5, 0.6) is 0 Å². The lowest BCUT2D eigenvalue weighted by molar-refractivity contribution is -0.145. The van der Waals surface area contributed by atoms with Gasteiger partial charge in [0.25, 0.3) is 5.91 Å². The lowest BCUT2D eigenvalue weighted by Crippen LogP contribution is -2.42. The van der Waals surface area contributed by atoms with E-state index in [2.05, 4.69) is 42.9 Å². The molecule has 0 radical (unpaired) electrons. The summed E-state index contributed by atoms with van der Waals surface area (Å²) in [7, 11) is 3.09. The number of carbonyl (C=O) groups excluding carboxylic acids is 1. The number of benzene rings is 1. The standard InChI is InChI=1S/C19H20ClIN6O4/c1-26(2)17(30)14-12(28)13(29)18(31-14)27-8-23-11-15(24-19(20)25-16(11)27)22-7-9-4-3-5-10(21)6-9/h3-6,8,12-14,18,28-29H,7H2,1-2H3,(H,22,24,25)/t12-,13+,14-,18+/m0/s1. The smallest absolute Gasteiger partial charge is 0.254 e. The summed E-state index contributed by atoms with van der Waals surface area (Å²) in [6.45, 7) is 0.493. The molecule has 3 heterocycles. The maximum absolute atomic E-state index is 12.3. The topological polar surface area (TPSA) is 126 Å². The van der Waals surface area contributed by atoms with Crippen molar-refractivity contribution < 1.29 is 19.7 Å². The van der Waals surface area contributed by atoms with E-state index in [1.54, 1.807) is 14.1 Å². The summed E-state index contributed by atoms with van der Waals surface area (Å²) in [5.41, 5.74) is 1.78. The Balaban J connectivity index is 1.64. The normalized spacial score (nSPS) is 23.3. The first-order valence-electron chi connectivity index (χ1n) is 9.37. The fraction of sp³-hybridized carbons (Fsp3) is 0.368. The molecule has 1 aliphatic rings. The second kappa shape index (κ2) is 8.82. The van der Waals surface area contributed by atoms with Crippen molar-refractivity contribution in [1.29, 1.82) is 0 Å². The van der Waals surface area contributed by atoms with Crippen molar-refractivity contribution in [3.8, 4) is 0 Å². The van der Waals surface area contributed by atoms with Gasteiger partial charge in [-0.2, -0.15) is 9.97 Å². The fourth-order valence-electron chi connectivity index (χ4n) is 3.38. The van der Waals surface area contributed by atoms with Gasteiger partial charge in [0, 0.05) is 24.2 Å². The number of anilines is 1. The molecule has 0 spiro atoms. The quantitative estimate of drug-likeness (QED) is 0.317. The number of nitrogens with one attached hydrogen (secondary N) is 1. The van der Waals surface area contributed by atoms with Crippen molar-refractivity contribution >= 4 is 57.1 Å². The molecule has 0 unspecified atom stereocenters. The van der Waals surface area contributed by atoms with Gasteiger partial charge in [-0.05, 0) is 51.9 Å². The Hall–Kier alpha value is -2.06. The van der Waals surface area contributed by atoms with Gasteiger partial charge in [-0.3, -0.25) is 9.36 Å². The molecule has 12 heteroatoms. The third kappa shape index (κ3) is 4.32. The molecule has 0 aliphatic carbocycles. The highest BCUT2D eigenvalue weighted by atomic mass is 127. The molecule has 0 bridgehead atoms. The van der Waals surface area contributed by atoms with Crippen molar-refractivity contribution in [2.75, 3.05) is 19.4 Å². The molecular formula is C19H20ClIN6O4. The van der Waals surface area contributed by atoms with E-state index in [-0.39, 0.29) is 5.28 Å². The van der Waals surface area contributed by atoms with Crippen LogP contribution in [0.1, 0.15) is 11.8 Å². The van der Waals surface area contributed by atoms with Crippen LogP contribution in [0, 0.1) is 3.57 Å². The highest BCUT2D eigenvalue weighted by Crippen LogP contribution is 2.33. The third-order valence-electron chi connectivity index (χ3n) is 4.94. The number of aromatic nitrogens is 4. The van der Waals surface area contributed by atoms with E-state index in [0.717, 1.165) is 9.13 Å². The summed E-state index contributed by atoms with van der Waals surface area (Å²) in [4.78, 5) is 26.4. The molecule has 1 fully saturated rings. The minimum Gasteiger partial charge on any atom is -0.387 e. The Morgan fingerprint density at radius 1 is 1.32 bits per heavy atom. The maximum atomic E-state index is 12.3. The van der Waals surface area contributed by atoms with Crippen LogP contribution in [0.4, 0.5) is 5.82 Å². The number of likely N-dealkylation sites (N-methyl/N-ethyl adjacent to an activating group) is 1. The van der Waals surface area contributed by atoms with Gasteiger partial charge in [0.15, 0.2) is 29.3 Å². The summed E-state index contributed by atoms with van der Waals surface area (Å²) >= 11 is 8.38. The van der Waals surface area contributed by atoms with Gasteiger partial charge < -0.3 is 25.2 Å². The molecule has 1 amide bonds. The van der Waals surface area contributed by atoms with Crippen LogP contribution in [0.15, 0.2) is 30.6 Å². The second-order valence-electron chi connectivity index (χ2n) is 7.31. The summed E-state index contributed by atoms with van der Waals surface area (Å²) in [6, 6.07) is 7.99. The third-order valence-corrected chi connectivity index (χ3v) is 5.78. The van der Waals surface area contributed by atoms with Crippen LogP contribution < -0.4 is 5.32 Å². The molecule has 4 atom stereocenters. The van der Waals surface area contributed by atoms with E-state index >= 15 is 0 Å². The number of aliphatic hydroxyl groups excluding tert-OH is 2. The Kier molecular flexibility index (Phi) is 6.30. The monoisotopic (exact) mass is 558 g/mol. The fourth-order valence-corrected chi connectivity index (χ4v) is 4.15. The van der Waals surface area contributed by atoms with E-state index < -0.39 is 30.4 Å². The Morgan fingerprint density at radius 3 is 2.81 bits per heavy atom. The van der Waals surface area contributed by atoms with Gasteiger partial charge >= 0.3 is 0 Å². The number of halogens is 2. The summed E-state index contributed by atoms with van der Waals surface area (Å²) < 4.78 is 8.24. The number of ether oxygens (including phenoxy) is 1. The molecule has 1 saturated heterocycles. The molecule has 3 aromatic rings. The first-order valence-corrected chi connectivity index (χ1v) is 10.8. The van der Waals surface area contributed by atoms with Gasteiger partial charge in [0.05, 0.1) is 6.33 Å². The van der Waals surface area contributed by atoms with Crippen molar-refractivity contribution in [3.63, 3.8) is 0 Å². The number of rotatable bonds is 5. The number of fused-ring (bicyclic) bond motifs is 1. The summed E-state index contributed by atoms with van der Waals surface area (Å²) in [6.07, 6.45) is -3.61. The average molecular weight is 559 g/mol. The number of hydrogen-bond acceptors (Lipinski definition) is 8. The predicted molar refractivity (Wildman–Crippen MR) is 121 cm³/mol. The van der Waals surface area contributed by atoms with Gasteiger partial charge in [0.2, 0.25) is 5.28 Å². The molecule has 4 rings (SSSR count). The molecular weight excluding hydrogens is 539 g/mol. The highest BCUT2D eigenvalue weighted by Gasteiger charge is 2.48. The number of imidazole rings is 1. The number of amides is 1. The van der Waals surface area contributed by atoms with E-state index in [1.807, 2.05) is 24.3 Å². The largest absolute Gasteiger partial charge is 0.387 e. The van der Waals surface area contributed by atoms with Crippen molar-refractivity contribution in [1.82, 2.24) is 24.4 Å².